The fourth-order valence-electron chi connectivity index (χ4n) is 3.28. The fraction of sp³-hybridized carbons (Fsp3) is 0.208. The molecule has 1 amide bonds. The van der Waals surface area contributed by atoms with E-state index in [0.29, 0.717) is 17.9 Å². The Labute approximate surface area is 195 Å². The van der Waals surface area contributed by atoms with Crippen LogP contribution in [0.1, 0.15) is 38.5 Å². The predicted molar refractivity (Wildman–Crippen MR) is 122 cm³/mol. The molecule has 9 heteroatoms. The largest absolute Gasteiger partial charge is 0.488 e. The van der Waals surface area contributed by atoms with E-state index in [1.165, 1.54) is 12.1 Å². The van der Waals surface area contributed by atoms with E-state index in [1.54, 1.807) is 29.9 Å². The first-order chi connectivity index (χ1) is 15.8. The lowest BCUT2D eigenvalue weighted by Crippen LogP contribution is -2.16. The van der Waals surface area contributed by atoms with E-state index in [1.807, 2.05) is 32.0 Å². The van der Waals surface area contributed by atoms with Crippen LogP contribution in [0.2, 0.25) is 5.02 Å². The fourth-order valence-corrected chi connectivity index (χ4v) is 3.47. The number of nitrogens with one attached hydrogen (secondary N) is 1. The second-order valence-corrected chi connectivity index (χ2v) is 8.06. The lowest BCUT2D eigenvalue weighted by atomic mass is 10.1. The molecular formula is C24H22ClFN4O3. The molecule has 170 valence electrons. The minimum Gasteiger partial charge on any atom is -0.488 e. The Hall–Kier alpha value is -3.65. The van der Waals surface area contributed by atoms with Crippen LogP contribution in [-0.2, 0) is 13.2 Å². The second-order valence-electron chi connectivity index (χ2n) is 7.66. The lowest BCUT2D eigenvalue weighted by molar-refractivity contribution is 0.101. The lowest BCUT2D eigenvalue weighted by Gasteiger charge is -2.11. The number of nitrogens with zero attached hydrogens (tertiary/aromatic N) is 3. The van der Waals surface area contributed by atoms with Crippen molar-refractivity contribution in [2.24, 2.45) is 0 Å². The third-order valence-corrected chi connectivity index (χ3v) is 5.61. The minimum absolute atomic E-state index is 0.0990. The summed E-state index contributed by atoms with van der Waals surface area (Å²) in [7, 11) is 0. The van der Waals surface area contributed by atoms with Gasteiger partial charge >= 0.3 is 0 Å². The Morgan fingerprint density at radius 1 is 1.18 bits per heavy atom. The van der Waals surface area contributed by atoms with Gasteiger partial charge in [0.05, 0.1) is 12.1 Å². The first-order valence-corrected chi connectivity index (χ1v) is 10.6. The molecule has 0 aliphatic carbocycles. The first kappa shape index (κ1) is 22.5. The Morgan fingerprint density at radius 3 is 2.70 bits per heavy atom. The van der Waals surface area contributed by atoms with Crippen LogP contribution in [0, 0.1) is 26.6 Å². The second kappa shape index (κ2) is 9.46. The van der Waals surface area contributed by atoms with Gasteiger partial charge in [0.2, 0.25) is 0 Å². The van der Waals surface area contributed by atoms with E-state index in [-0.39, 0.29) is 29.0 Å². The molecule has 1 N–H and O–H groups in total. The average molecular weight is 469 g/mol. The highest BCUT2D eigenvalue weighted by Crippen LogP contribution is 2.25. The normalized spacial score (nSPS) is 10.9. The third-order valence-electron chi connectivity index (χ3n) is 5.33. The molecule has 4 rings (SSSR count). The SMILES string of the molecule is Cc1cccc(OCc2c(C(=O)Nc3nn(Cc4ccc(F)cc4)cc3Cl)noc2C)c1C. The summed E-state index contributed by atoms with van der Waals surface area (Å²) in [6.45, 7) is 6.19. The van der Waals surface area contributed by atoms with Crippen LogP contribution < -0.4 is 10.1 Å². The van der Waals surface area contributed by atoms with Crippen molar-refractivity contribution in [2.75, 3.05) is 5.32 Å². The van der Waals surface area contributed by atoms with Gasteiger partial charge in [-0.3, -0.25) is 9.48 Å². The molecule has 33 heavy (non-hydrogen) atoms. The van der Waals surface area contributed by atoms with Crippen LogP contribution in [0.3, 0.4) is 0 Å². The monoisotopic (exact) mass is 468 g/mol. The highest BCUT2D eigenvalue weighted by Gasteiger charge is 2.22. The Kier molecular flexibility index (Phi) is 6.46. The summed E-state index contributed by atoms with van der Waals surface area (Å²) in [5, 5.41) is 11.1. The van der Waals surface area contributed by atoms with Gasteiger partial charge in [-0.2, -0.15) is 5.10 Å². The van der Waals surface area contributed by atoms with E-state index in [2.05, 4.69) is 15.6 Å². The maximum atomic E-state index is 13.1. The van der Waals surface area contributed by atoms with Crippen molar-refractivity contribution in [3.05, 3.63) is 93.2 Å². The van der Waals surface area contributed by atoms with Crippen molar-refractivity contribution in [1.82, 2.24) is 14.9 Å². The molecular weight excluding hydrogens is 447 g/mol. The van der Waals surface area contributed by atoms with Gasteiger partial charge in [-0.15, -0.1) is 0 Å². The number of ether oxygens (including phenoxy) is 1. The Balaban J connectivity index is 1.47. The van der Waals surface area contributed by atoms with Gasteiger partial charge in [0.1, 0.15) is 29.0 Å². The number of rotatable bonds is 7. The number of aromatic nitrogens is 3. The molecule has 0 bridgehead atoms. The number of anilines is 1. The zero-order chi connectivity index (χ0) is 23.5. The van der Waals surface area contributed by atoms with Crippen molar-refractivity contribution in [2.45, 2.75) is 33.9 Å². The summed E-state index contributed by atoms with van der Waals surface area (Å²) < 4.78 is 25.8. The molecule has 2 aromatic heterocycles. The van der Waals surface area contributed by atoms with E-state index >= 15 is 0 Å². The third kappa shape index (κ3) is 5.06. The number of carbonyl (C=O) groups excluding carboxylic acids is 1. The summed E-state index contributed by atoms with van der Waals surface area (Å²) in [5.41, 5.74) is 3.61. The summed E-state index contributed by atoms with van der Waals surface area (Å²) in [4.78, 5) is 12.9. The number of carbonyl (C=O) groups is 1. The van der Waals surface area contributed by atoms with Crippen molar-refractivity contribution < 1.29 is 18.4 Å². The van der Waals surface area contributed by atoms with Gasteiger partial charge in [-0.05, 0) is 55.7 Å². The number of hydrogen-bond acceptors (Lipinski definition) is 5. The van der Waals surface area contributed by atoms with Crippen LogP contribution in [0.5, 0.6) is 5.75 Å². The van der Waals surface area contributed by atoms with Crippen LogP contribution in [0.4, 0.5) is 10.2 Å². The Morgan fingerprint density at radius 2 is 1.94 bits per heavy atom. The molecule has 0 aliphatic heterocycles. The van der Waals surface area contributed by atoms with Gasteiger partial charge in [-0.1, -0.05) is 41.0 Å². The molecule has 4 aromatic rings. The van der Waals surface area contributed by atoms with Crippen LogP contribution in [0.25, 0.3) is 0 Å². The molecule has 0 unspecified atom stereocenters. The van der Waals surface area contributed by atoms with Crippen LogP contribution in [0.15, 0.2) is 53.2 Å². The standard InChI is InChI=1S/C24H22ClFN4O3/c1-14-5-4-6-21(15(14)2)32-13-19-16(3)33-29-22(19)24(31)27-23-20(25)12-30(28-23)11-17-7-9-18(26)10-8-17/h4-10,12H,11,13H2,1-3H3,(H,27,28,31). The summed E-state index contributed by atoms with van der Waals surface area (Å²) >= 11 is 6.26. The number of benzene rings is 2. The zero-order valence-corrected chi connectivity index (χ0v) is 19.1. The first-order valence-electron chi connectivity index (χ1n) is 10.2. The maximum absolute atomic E-state index is 13.1. The summed E-state index contributed by atoms with van der Waals surface area (Å²) in [6, 6.07) is 11.8. The van der Waals surface area contributed by atoms with Gasteiger partial charge in [0.25, 0.3) is 5.91 Å². The van der Waals surface area contributed by atoms with E-state index < -0.39 is 5.91 Å². The molecule has 2 aromatic carbocycles. The number of halogens is 2. The quantitative estimate of drug-likeness (QED) is 0.389. The van der Waals surface area contributed by atoms with Crippen LogP contribution in [-0.4, -0.2) is 20.8 Å². The molecule has 7 nitrogen and oxygen atoms in total. The maximum Gasteiger partial charge on any atom is 0.279 e. The molecule has 0 saturated carbocycles. The van der Waals surface area contributed by atoms with Crippen molar-refractivity contribution in [3.8, 4) is 5.75 Å². The summed E-state index contributed by atoms with van der Waals surface area (Å²) in [6.07, 6.45) is 1.58. The van der Waals surface area contributed by atoms with Crippen molar-refractivity contribution in [3.63, 3.8) is 0 Å². The molecule has 0 spiro atoms. The van der Waals surface area contributed by atoms with Crippen LogP contribution >= 0.6 is 11.6 Å². The highest BCUT2D eigenvalue weighted by molar-refractivity contribution is 6.33. The van der Waals surface area contributed by atoms with Gasteiger partial charge in [0, 0.05) is 6.20 Å². The van der Waals surface area contributed by atoms with Crippen molar-refractivity contribution >= 4 is 23.3 Å². The van der Waals surface area contributed by atoms with Crippen molar-refractivity contribution in [1.29, 1.82) is 0 Å². The molecule has 0 radical (unpaired) electrons. The smallest absolute Gasteiger partial charge is 0.279 e. The van der Waals surface area contributed by atoms with E-state index in [0.717, 1.165) is 22.4 Å². The van der Waals surface area contributed by atoms with E-state index in [4.69, 9.17) is 20.9 Å². The molecule has 2 heterocycles. The molecule has 0 fully saturated rings. The predicted octanol–water partition coefficient (Wildman–Crippen LogP) is 5.47. The Bertz CT molecular complexity index is 1300. The zero-order valence-electron chi connectivity index (χ0n) is 18.4. The van der Waals surface area contributed by atoms with E-state index in [9.17, 15) is 9.18 Å². The summed E-state index contributed by atoms with van der Waals surface area (Å²) in [5.74, 6) is 0.569. The van der Waals surface area contributed by atoms with Gasteiger partial charge in [-0.25, -0.2) is 4.39 Å². The average Bonchev–Trinajstić information content (AvgIpc) is 3.32. The highest BCUT2D eigenvalue weighted by atomic mass is 35.5. The van der Waals surface area contributed by atoms with Gasteiger partial charge in [0.15, 0.2) is 11.5 Å². The molecule has 0 aliphatic rings. The van der Waals surface area contributed by atoms with Gasteiger partial charge < -0.3 is 14.6 Å². The molecule has 0 saturated heterocycles. The molecule has 0 atom stereocenters. The topological polar surface area (TPSA) is 82.2 Å². The number of amides is 1. The number of hydrogen-bond donors (Lipinski definition) is 1. The minimum atomic E-state index is -0.514. The number of aryl methyl sites for hydroxylation is 2.